The summed E-state index contributed by atoms with van der Waals surface area (Å²) >= 11 is 0. The Bertz CT molecular complexity index is 2270. The van der Waals surface area contributed by atoms with Crippen LogP contribution in [0.15, 0.2) is 49.1 Å². The van der Waals surface area contributed by atoms with Crippen LogP contribution in [-0.4, -0.2) is 11.1 Å². The van der Waals surface area contributed by atoms with E-state index in [9.17, 15) is 52.7 Å². The van der Waals surface area contributed by atoms with Gasteiger partial charge in [-0.1, -0.05) is 24.3 Å². The summed E-state index contributed by atoms with van der Waals surface area (Å²) in [5, 5.41) is 0. The lowest BCUT2D eigenvalue weighted by Crippen LogP contribution is -2.81. The minimum absolute atomic E-state index is 0.912. The quantitative estimate of drug-likeness (QED) is 0.0556. The normalized spacial score (nSPS) is 11.5. The number of hydrogen-bond acceptors (Lipinski definition) is 1. The second-order valence-corrected chi connectivity index (χ2v) is 12.1. The first-order valence-corrected chi connectivity index (χ1v) is 15.6. The van der Waals surface area contributed by atoms with E-state index in [1.54, 1.807) is 12.4 Å². The molecule has 0 radical (unpaired) electrons. The second kappa shape index (κ2) is 16.2. The molecule has 23 heteroatoms. The van der Waals surface area contributed by atoms with Crippen LogP contribution in [0.1, 0.15) is 11.1 Å². The summed E-state index contributed by atoms with van der Waals surface area (Å²) in [6.45, 7) is 3.05. The topological polar surface area (TPSA) is 16.8 Å². The summed E-state index contributed by atoms with van der Waals surface area (Å²) in [4.78, 5) is 3.99. The minimum Gasteiger partial charge on any atom is -0.252 e. The van der Waals surface area contributed by atoms with E-state index >= 15 is 35.1 Å². The molecule has 0 N–H and O–H groups in total. The zero-order chi connectivity index (χ0) is 44.2. The highest BCUT2D eigenvalue weighted by atomic mass is 19.2. The number of nitrogens with zero attached hydrogens (tertiary/aromatic N) is 2. The van der Waals surface area contributed by atoms with Crippen LogP contribution in [-0.2, 0) is 6.54 Å². The molecule has 0 aliphatic heterocycles. The van der Waals surface area contributed by atoms with Gasteiger partial charge >= 0.3 is 0 Å². The molecule has 0 aliphatic carbocycles. The average molecular weight is 864 g/mol. The molecule has 0 spiro atoms. The van der Waals surface area contributed by atoms with Gasteiger partial charge in [-0.2, -0.15) is 4.57 Å². The molecule has 1 heterocycles. The molecule has 6 rings (SSSR count). The Morgan fingerprint density at radius 1 is 0.373 bits per heavy atom. The smallest absolute Gasteiger partial charge is 0.200 e. The lowest BCUT2D eigenvalue weighted by molar-refractivity contribution is -0.688. The van der Waals surface area contributed by atoms with Gasteiger partial charge in [-0.05, 0) is 12.5 Å². The fraction of sp³-hybridized carbons (Fsp3) is 0.0556. The first-order chi connectivity index (χ1) is 27.6. The first-order valence-electron chi connectivity index (χ1n) is 15.6. The van der Waals surface area contributed by atoms with Gasteiger partial charge in [0.1, 0.15) is 52.7 Å². The molecule has 6 aromatic rings. The lowest BCUT2D eigenvalue weighted by Gasteiger charge is -2.44. The fourth-order valence-electron chi connectivity index (χ4n) is 6.31. The van der Waals surface area contributed by atoms with Crippen LogP contribution in [0, 0.1) is 123 Å². The fourth-order valence-corrected chi connectivity index (χ4v) is 6.31. The standard InChI is InChI=1S/C24BF20.C12H13N2/c26-5-1(6(27)14(35)21(42)13(5)34)25(2-7(28)15(36)22(43)16(37)8(2)29,3-9(30)17(38)23(44)18(39)10(3)31)4-11(32)19(40)24(45)20(41)12(4)33;1-11-4-2-3-5-12(11)10-14-8-6-13-7-9-14/h;2-9H,10H2,1H3/q-1;+1. The van der Waals surface area contributed by atoms with E-state index in [0.29, 0.717) is 0 Å². The van der Waals surface area contributed by atoms with E-state index in [-0.39, 0.29) is 0 Å². The second-order valence-electron chi connectivity index (χ2n) is 12.1. The number of aromatic nitrogens is 2. The molecule has 0 fully saturated rings. The Labute approximate surface area is 315 Å². The van der Waals surface area contributed by atoms with Crippen molar-refractivity contribution in [2.75, 3.05) is 0 Å². The maximum atomic E-state index is 15.4. The molecule has 59 heavy (non-hydrogen) atoms. The summed E-state index contributed by atoms with van der Waals surface area (Å²) in [5.74, 6) is -71.4. The van der Waals surface area contributed by atoms with Crippen molar-refractivity contribution in [2.24, 2.45) is 0 Å². The van der Waals surface area contributed by atoms with Crippen molar-refractivity contribution >= 4 is 28.0 Å². The zero-order valence-electron chi connectivity index (χ0n) is 28.4. The molecule has 0 saturated heterocycles. The summed E-state index contributed by atoms with van der Waals surface area (Å²) in [7, 11) is 0. The molecule has 0 bridgehead atoms. The Balaban J connectivity index is 0.000000395. The average Bonchev–Trinajstić information content (AvgIpc) is 3.22. The monoisotopic (exact) mass is 864 g/mol. The molecule has 0 unspecified atom stereocenters. The molecule has 0 aliphatic rings. The van der Waals surface area contributed by atoms with Crippen molar-refractivity contribution in [1.82, 2.24) is 4.98 Å². The Hall–Kier alpha value is -6.16. The Morgan fingerprint density at radius 2 is 0.610 bits per heavy atom. The Kier molecular flexibility index (Phi) is 12.1. The van der Waals surface area contributed by atoms with Crippen LogP contribution in [0.2, 0.25) is 0 Å². The summed E-state index contributed by atoms with van der Waals surface area (Å²) in [5.41, 5.74) is -11.6. The molecule has 5 aromatic carbocycles. The zero-order valence-corrected chi connectivity index (χ0v) is 28.4. The number of hydrogen-bond donors (Lipinski definition) is 0. The van der Waals surface area contributed by atoms with Crippen molar-refractivity contribution in [3.63, 3.8) is 0 Å². The Morgan fingerprint density at radius 3 is 0.864 bits per heavy atom. The predicted octanol–water partition coefficient (Wildman–Crippen LogP) is 7.57. The first kappa shape index (κ1) is 44.0. The van der Waals surface area contributed by atoms with E-state index in [1.165, 1.54) is 11.1 Å². The lowest BCUT2D eigenvalue weighted by atomic mass is 9.12. The highest BCUT2D eigenvalue weighted by Gasteiger charge is 2.52. The summed E-state index contributed by atoms with van der Waals surface area (Å²) < 4.78 is 296. The van der Waals surface area contributed by atoms with Gasteiger partial charge in [0.05, 0.1) is 12.4 Å². The largest absolute Gasteiger partial charge is 0.252 e. The van der Waals surface area contributed by atoms with Crippen molar-refractivity contribution in [3.05, 3.63) is 177 Å². The van der Waals surface area contributed by atoms with E-state index in [1.807, 2.05) is 12.4 Å². The molecular weight excluding hydrogens is 851 g/mol. The van der Waals surface area contributed by atoms with Crippen molar-refractivity contribution in [2.45, 2.75) is 13.5 Å². The van der Waals surface area contributed by atoms with Crippen LogP contribution in [0.25, 0.3) is 0 Å². The predicted molar refractivity (Wildman–Crippen MR) is 164 cm³/mol. The molecule has 0 saturated carbocycles. The van der Waals surface area contributed by atoms with Crippen LogP contribution in [0.5, 0.6) is 0 Å². The number of halogens is 20. The molecule has 0 amide bonds. The van der Waals surface area contributed by atoms with Gasteiger partial charge in [-0.3, -0.25) is 4.98 Å². The van der Waals surface area contributed by atoms with Crippen molar-refractivity contribution < 1.29 is 92.4 Å². The molecular formula is C36H13BF20N2. The van der Waals surface area contributed by atoms with E-state index < -0.39 is 144 Å². The van der Waals surface area contributed by atoms with Gasteiger partial charge in [-0.15, -0.1) is 21.9 Å². The van der Waals surface area contributed by atoms with Crippen LogP contribution < -0.4 is 26.4 Å². The third-order valence-electron chi connectivity index (χ3n) is 9.01. The third kappa shape index (κ3) is 6.88. The molecule has 2 nitrogen and oxygen atoms in total. The van der Waals surface area contributed by atoms with Gasteiger partial charge in [-0.25, -0.2) is 87.8 Å². The minimum atomic E-state index is -7.22. The van der Waals surface area contributed by atoms with Crippen LogP contribution in [0.4, 0.5) is 87.8 Å². The van der Waals surface area contributed by atoms with Crippen LogP contribution in [0.3, 0.4) is 0 Å². The number of rotatable bonds is 6. The van der Waals surface area contributed by atoms with Gasteiger partial charge < -0.3 is 0 Å². The SMILES string of the molecule is Cc1ccccc1C[n+]1ccncc1.Fc1c(F)c(F)c([B-](c2c(F)c(F)c(F)c(F)c2F)(c2c(F)c(F)c(F)c(F)c2F)c2c(F)c(F)c(F)c(F)c2F)c(F)c1F. The van der Waals surface area contributed by atoms with E-state index in [0.717, 1.165) is 6.54 Å². The van der Waals surface area contributed by atoms with Gasteiger partial charge in [0.2, 0.25) is 0 Å². The van der Waals surface area contributed by atoms with E-state index in [4.69, 9.17) is 0 Å². The molecule has 310 valence electrons. The van der Waals surface area contributed by atoms with Crippen LogP contribution >= 0.6 is 0 Å². The summed E-state index contributed by atoms with van der Waals surface area (Å²) in [6.07, 6.45) is 0.348. The maximum Gasteiger partial charge on any atom is 0.200 e. The third-order valence-corrected chi connectivity index (χ3v) is 9.01. The van der Waals surface area contributed by atoms with Gasteiger partial charge in [0.15, 0.2) is 88.7 Å². The van der Waals surface area contributed by atoms with Gasteiger partial charge in [0.25, 0.3) is 0 Å². The molecule has 1 aromatic heterocycles. The van der Waals surface area contributed by atoms with E-state index in [2.05, 4.69) is 40.7 Å². The number of benzene rings is 5. The highest BCUT2D eigenvalue weighted by Crippen LogP contribution is 2.30. The van der Waals surface area contributed by atoms with Gasteiger partial charge in [0, 0.05) is 5.56 Å². The highest BCUT2D eigenvalue weighted by molar-refractivity contribution is 7.20. The number of aryl methyl sites for hydroxylation is 1. The summed E-state index contributed by atoms with van der Waals surface area (Å²) in [6, 6.07) is 8.43. The van der Waals surface area contributed by atoms with Crippen molar-refractivity contribution in [3.8, 4) is 0 Å². The molecule has 0 atom stereocenters. The van der Waals surface area contributed by atoms with Crippen molar-refractivity contribution in [1.29, 1.82) is 0 Å². The maximum absolute atomic E-state index is 15.4.